The molecule has 0 atom stereocenters. The van der Waals surface area contributed by atoms with Crippen LogP contribution >= 0.6 is 22.9 Å². The van der Waals surface area contributed by atoms with Gasteiger partial charge >= 0.3 is 6.18 Å². The largest absolute Gasteiger partial charge is 0.416 e. The molecule has 0 spiro atoms. The third-order valence-corrected chi connectivity index (χ3v) is 3.78. The van der Waals surface area contributed by atoms with Crippen molar-refractivity contribution in [3.63, 3.8) is 0 Å². The van der Waals surface area contributed by atoms with E-state index >= 15 is 0 Å². The molecule has 0 saturated carbocycles. The van der Waals surface area contributed by atoms with Crippen molar-refractivity contribution in [2.75, 3.05) is 5.32 Å². The maximum atomic E-state index is 12.4. The summed E-state index contributed by atoms with van der Waals surface area (Å²) >= 11 is 6.78. The lowest BCUT2D eigenvalue weighted by molar-refractivity contribution is -0.137. The van der Waals surface area contributed by atoms with Crippen LogP contribution in [0, 0.1) is 0 Å². The molecule has 2 rings (SSSR count). The highest BCUT2D eigenvalue weighted by molar-refractivity contribution is 7.17. The van der Waals surface area contributed by atoms with Crippen LogP contribution in [0.25, 0.3) is 0 Å². The minimum atomic E-state index is -4.34. The predicted molar refractivity (Wildman–Crippen MR) is 71.3 cm³/mol. The minimum absolute atomic E-state index is 0.111. The van der Waals surface area contributed by atoms with Crippen molar-refractivity contribution >= 4 is 34.4 Å². The zero-order valence-corrected chi connectivity index (χ0v) is 11.4. The number of thiazole rings is 1. The lowest BCUT2D eigenvalue weighted by Crippen LogP contribution is -2.05. The van der Waals surface area contributed by atoms with E-state index in [4.69, 9.17) is 11.6 Å². The molecule has 106 valence electrons. The molecule has 8 heteroatoms. The molecule has 0 saturated heterocycles. The van der Waals surface area contributed by atoms with Gasteiger partial charge in [0.15, 0.2) is 16.6 Å². The summed E-state index contributed by atoms with van der Waals surface area (Å²) in [6, 6.07) is 4.79. The molecule has 0 fully saturated rings. The van der Waals surface area contributed by atoms with E-state index in [0.717, 1.165) is 23.5 Å². The molecule has 0 aliphatic carbocycles. The Labute approximate surface area is 121 Å². The van der Waals surface area contributed by atoms with Gasteiger partial charge in [0.25, 0.3) is 0 Å². The third kappa shape index (κ3) is 3.49. The molecule has 20 heavy (non-hydrogen) atoms. The van der Waals surface area contributed by atoms with Crippen LogP contribution in [-0.4, -0.2) is 11.3 Å². The smallest absolute Gasteiger partial charge is 0.357 e. The van der Waals surface area contributed by atoms with Crippen molar-refractivity contribution in [2.45, 2.75) is 12.7 Å². The SMILES string of the molecule is O=Cc1sc(NCc2ccc(C(F)(F)F)cc2)nc1Cl. The topological polar surface area (TPSA) is 42.0 Å². The number of rotatable bonds is 4. The van der Waals surface area contributed by atoms with Crippen molar-refractivity contribution in [1.82, 2.24) is 4.98 Å². The Morgan fingerprint density at radius 1 is 1.30 bits per heavy atom. The number of anilines is 1. The van der Waals surface area contributed by atoms with Gasteiger partial charge in [-0.25, -0.2) is 4.98 Å². The Morgan fingerprint density at radius 2 is 1.95 bits per heavy atom. The van der Waals surface area contributed by atoms with E-state index in [1.165, 1.54) is 12.1 Å². The highest BCUT2D eigenvalue weighted by Crippen LogP contribution is 2.29. The standard InChI is InChI=1S/C12H8ClF3N2OS/c13-10-9(6-19)20-11(18-10)17-5-7-1-3-8(4-2-7)12(14,15)16/h1-4,6H,5H2,(H,17,18). The number of nitrogens with zero attached hydrogens (tertiary/aromatic N) is 1. The molecule has 0 amide bonds. The minimum Gasteiger partial charge on any atom is -0.357 e. The Morgan fingerprint density at radius 3 is 2.45 bits per heavy atom. The van der Waals surface area contributed by atoms with Gasteiger partial charge in [0, 0.05) is 6.54 Å². The second kappa shape index (κ2) is 5.80. The highest BCUT2D eigenvalue weighted by Gasteiger charge is 2.29. The molecule has 1 heterocycles. The zero-order chi connectivity index (χ0) is 14.8. The Balaban J connectivity index is 2.02. The molecule has 2 aromatic rings. The number of halogens is 4. The van der Waals surface area contributed by atoms with Gasteiger partial charge in [0.05, 0.1) is 5.56 Å². The van der Waals surface area contributed by atoms with Crippen LogP contribution in [-0.2, 0) is 12.7 Å². The second-order valence-corrected chi connectivity index (χ2v) is 5.23. The van der Waals surface area contributed by atoms with Crippen LogP contribution in [0.3, 0.4) is 0 Å². The van der Waals surface area contributed by atoms with Gasteiger partial charge in [-0.15, -0.1) is 0 Å². The monoisotopic (exact) mass is 320 g/mol. The molecule has 3 nitrogen and oxygen atoms in total. The van der Waals surface area contributed by atoms with Crippen molar-refractivity contribution in [3.8, 4) is 0 Å². The van der Waals surface area contributed by atoms with Crippen molar-refractivity contribution in [1.29, 1.82) is 0 Å². The van der Waals surface area contributed by atoms with Crippen LogP contribution in [0.2, 0.25) is 5.15 Å². The first-order chi connectivity index (χ1) is 9.40. The van der Waals surface area contributed by atoms with E-state index < -0.39 is 11.7 Å². The first-order valence-corrected chi connectivity index (χ1v) is 6.61. The molecule has 0 unspecified atom stereocenters. The number of carbonyl (C=O) groups excluding carboxylic acids is 1. The summed E-state index contributed by atoms with van der Waals surface area (Å²) < 4.78 is 37.2. The van der Waals surface area contributed by atoms with Gasteiger partial charge in [-0.05, 0) is 17.7 Å². The van der Waals surface area contributed by atoms with E-state index in [1.54, 1.807) is 0 Å². The highest BCUT2D eigenvalue weighted by atomic mass is 35.5. The molecule has 0 bridgehead atoms. The van der Waals surface area contributed by atoms with E-state index in [9.17, 15) is 18.0 Å². The van der Waals surface area contributed by atoms with Gasteiger partial charge in [-0.2, -0.15) is 13.2 Å². The normalized spacial score (nSPS) is 11.4. The number of aldehydes is 1. The number of benzene rings is 1. The van der Waals surface area contributed by atoms with Crippen molar-refractivity contribution in [3.05, 3.63) is 45.4 Å². The third-order valence-electron chi connectivity index (χ3n) is 2.44. The molecule has 1 aromatic heterocycles. The molecular formula is C12H8ClF3N2OS. The average molecular weight is 321 g/mol. The summed E-state index contributed by atoms with van der Waals surface area (Å²) in [7, 11) is 0. The van der Waals surface area contributed by atoms with Gasteiger partial charge in [0.1, 0.15) is 4.88 Å². The van der Waals surface area contributed by atoms with E-state index in [2.05, 4.69) is 10.3 Å². The fourth-order valence-electron chi connectivity index (χ4n) is 1.45. The van der Waals surface area contributed by atoms with Gasteiger partial charge < -0.3 is 5.32 Å². The predicted octanol–water partition coefficient (Wildman–Crippen LogP) is 4.24. The summed E-state index contributed by atoms with van der Waals surface area (Å²) in [6.45, 7) is 0.292. The van der Waals surface area contributed by atoms with Crippen LogP contribution in [0.5, 0.6) is 0 Å². The maximum absolute atomic E-state index is 12.4. The van der Waals surface area contributed by atoms with Crippen molar-refractivity contribution < 1.29 is 18.0 Å². The van der Waals surface area contributed by atoms with E-state index in [-0.39, 0.29) is 5.15 Å². The van der Waals surface area contributed by atoms with Crippen LogP contribution < -0.4 is 5.32 Å². The summed E-state index contributed by atoms with van der Waals surface area (Å²) in [5.74, 6) is 0. The number of hydrogen-bond donors (Lipinski definition) is 1. The fraction of sp³-hybridized carbons (Fsp3) is 0.167. The molecule has 1 N–H and O–H groups in total. The van der Waals surface area contributed by atoms with E-state index in [1.807, 2.05) is 0 Å². The quantitative estimate of drug-likeness (QED) is 0.857. The number of alkyl halides is 3. The first kappa shape index (κ1) is 14.8. The lowest BCUT2D eigenvalue weighted by atomic mass is 10.1. The average Bonchev–Trinajstić information content (AvgIpc) is 2.76. The van der Waals surface area contributed by atoms with Crippen LogP contribution in [0.15, 0.2) is 24.3 Å². The van der Waals surface area contributed by atoms with Crippen LogP contribution in [0.1, 0.15) is 20.8 Å². The molecule has 0 aliphatic rings. The number of nitrogens with one attached hydrogen (secondary N) is 1. The summed E-state index contributed by atoms with van der Waals surface area (Å²) in [5.41, 5.74) is -0.0289. The van der Waals surface area contributed by atoms with E-state index in [0.29, 0.717) is 28.4 Å². The Bertz CT molecular complexity index is 610. The fourth-order valence-corrected chi connectivity index (χ4v) is 2.41. The number of aromatic nitrogens is 1. The molecule has 0 aliphatic heterocycles. The van der Waals surface area contributed by atoms with Gasteiger partial charge in [0.2, 0.25) is 0 Å². The Hall–Kier alpha value is -1.60. The first-order valence-electron chi connectivity index (χ1n) is 5.41. The number of hydrogen-bond acceptors (Lipinski definition) is 4. The van der Waals surface area contributed by atoms with Gasteiger partial charge in [-0.3, -0.25) is 4.79 Å². The summed E-state index contributed by atoms with van der Waals surface area (Å²) in [5, 5.41) is 3.45. The maximum Gasteiger partial charge on any atom is 0.416 e. The lowest BCUT2D eigenvalue weighted by Gasteiger charge is -2.07. The molecule has 0 radical (unpaired) electrons. The molecular weight excluding hydrogens is 313 g/mol. The van der Waals surface area contributed by atoms with Gasteiger partial charge in [-0.1, -0.05) is 35.1 Å². The van der Waals surface area contributed by atoms with Crippen LogP contribution in [0.4, 0.5) is 18.3 Å². The Kier molecular flexibility index (Phi) is 4.29. The number of carbonyl (C=O) groups is 1. The van der Waals surface area contributed by atoms with Crippen molar-refractivity contribution in [2.24, 2.45) is 0 Å². The summed E-state index contributed by atoms with van der Waals surface area (Å²) in [4.78, 5) is 14.8. The second-order valence-electron chi connectivity index (χ2n) is 3.84. The zero-order valence-electron chi connectivity index (χ0n) is 9.87. The summed E-state index contributed by atoms with van der Waals surface area (Å²) in [6.07, 6.45) is -3.74. The molecule has 1 aromatic carbocycles.